The summed E-state index contributed by atoms with van der Waals surface area (Å²) in [5.74, 6) is 0. The zero-order valence-electron chi connectivity index (χ0n) is 10.6. The van der Waals surface area contributed by atoms with Crippen LogP contribution in [-0.4, -0.2) is 9.97 Å². The van der Waals surface area contributed by atoms with Crippen LogP contribution in [0.1, 0.15) is 23.6 Å². The predicted molar refractivity (Wildman–Crippen MR) is 75.4 cm³/mol. The highest BCUT2D eigenvalue weighted by Crippen LogP contribution is 2.26. The standard InChI is InChI=1S/C16H16N2O/c1-3-15(13-9-5-7-11-17-13)19-16(4-2)14-10-6-8-12-18-14/h3-12,15-16H,1-2H2. The molecule has 3 nitrogen and oxygen atoms in total. The lowest BCUT2D eigenvalue weighted by Crippen LogP contribution is -2.09. The molecule has 0 N–H and O–H groups in total. The van der Waals surface area contributed by atoms with Gasteiger partial charge in [-0.25, -0.2) is 0 Å². The summed E-state index contributed by atoms with van der Waals surface area (Å²) < 4.78 is 5.96. The smallest absolute Gasteiger partial charge is 0.119 e. The molecule has 0 aliphatic heterocycles. The summed E-state index contributed by atoms with van der Waals surface area (Å²) in [5, 5.41) is 0. The Bertz CT molecular complexity index is 475. The second kappa shape index (κ2) is 6.61. The van der Waals surface area contributed by atoms with Crippen LogP contribution in [-0.2, 0) is 4.74 Å². The summed E-state index contributed by atoms with van der Waals surface area (Å²) in [6, 6.07) is 11.4. The van der Waals surface area contributed by atoms with E-state index in [1.807, 2.05) is 36.4 Å². The minimum Gasteiger partial charge on any atom is -0.354 e. The first-order valence-corrected chi connectivity index (χ1v) is 6.07. The molecule has 2 atom stereocenters. The molecule has 0 bridgehead atoms. The van der Waals surface area contributed by atoms with Gasteiger partial charge in [0.1, 0.15) is 12.2 Å². The first-order chi connectivity index (χ1) is 9.35. The molecule has 3 heteroatoms. The number of aromatic nitrogens is 2. The Labute approximate surface area is 113 Å². The summed E-state index contributed by atoms with van der Waals surface area (Å²) in [5.41, 5.74) is 1.64. The predicted octanol–water partition coefficient (Wildman–Crippen LogP) is 3.65. The van der Waals surface area contributed by atoms with Crippen LogP contribution in [0, 0.1) is 0 Å². The lowest BCUT2D eigenvalue weighted by atomic mass is 10.2. The zero-order valence-corrected chi connectivity index (χ0v) is 10.6. The Morgan fingerprint density at radius 1 is 0.842 bits per heavy atom. The van der Waals surface area contributed by atoms with Crippen LogP contribution in [0.25, 0.3) is 0 Å². The van der Waals surface area contributed by atoms with Crippen LogP contribution in [0.15, 0.2) is 74.1 Å². The molecule has 0 aliphatic rings. The molecule has 0 aliphatic carbocycles. The fourth-order valence-corrected chi connectivity index (χ4v) is 1.74. The van der Waals surface area contributed by atoms with Crippen molar-refractivity contribution in [1.82, 2.24) is 9.97 Å². The third-order valence-corrected chi connectivity index (χ3v) is 2.68. The summed E-state index contributed by atoms with van der Waals surface area (Å²) in [6.45, 7) is 7.60. The molecule has 2 aromatic rings. The average Bonchev–Trinajstić information content (AvgIpc) is 2.50. The van der Waals surface area contributed by atoms with Crippen molar-refractivity contribution in [2.45, 2.75) is 12.2 Å². The Balaban J connectivity index is 2.17. The van der Waals surface area contributed by atoms with Crippen molar-refractivity contribution < 1.29 is 4.74 Å². The van der Waals surface area contributed by atoms with Crippen LogP contribution in [0.5, 0.6) is 0 Å². The van der Waals surface area contributed by atoms with E-state index in [2.05, 4.69) is 23.1 Å². The average molecular weight is 252 g/mol. The molecule has 0 radical (unpaired) electrons. The van der Waals surface area contributed by atoms with Crippen LogP contribution < -0.4 is 0 Å². The maximum atomic E-state index is 5.96. The summed E-state index contributed by atoms with van der Waals surface area (Å²) in [7, 11) is 0. The Morgan fingerprint density at radius 3 is 1.63 bits per heavy atom. The van der Waals surface area contributed by atoms with E-state index in [0.29, 0.717) is 0 Å². The third kappa shape index (κ3) is 3.36. The Morgan fingerprint density at radius 2 is 1.32 bits per heavy atom. The van der Waals surface area contributed by atoms with Gasteiger partial charge in [0.15, 0.2) is 0 Å². The molecule has 0 saturated carbocycles. The van der Waals surface area contributed by atoms with Crippen LogP contribution in [0.3, 0.4) is 0 Å². The third-order valence-electron chi connectivity index (χ3n) is 2.68. The van der Waals surface area contributed by atoms with Gasteiger partial charge in [-0.1, -0.05) is 24.3 Å². The highest BCUT2D eigenvalue weighted by atomic mass is 16.5. The van der Waals surface area contributed by atoms with Gasteiger partial charge in [0, 0.05) is 12.4 Å². The fourth-order valence-electron chi connectivity index (χ4n) is 1.74. The van der Waals surface area contributed by atoms with Gasteiger partial charge < -0.3 is 4.74 Å². The van der Waals surface area contributed by atoms with Crippen molar-refractivity contribution in [2.24, 2.45) is 0 Å². The second-order valence-electron chi connectivity index (χ2n) is 3.96. The van der Waals surface area contributed by atoms with Gasteiger partial charge in [0.2, 0.25) is 0 Å². The highest BCUT2D eigenvalue weighted by molar-refractivity contribution is 5.15. The number of hydrogen-bond acceptors (Lipinski definition) is 3. The van der Waals surface area contributed by atoms with Crippen LogP contribution in [0.2, 0.25) is 0 Å². The molecule has 0 spiro atoms. The molecule has 2 unspecified atom stereocenters. The van der Waals surface area contributed by atoms with Gasteiger partial charge in [-0.3, -0.25) is 9.97 Å². The maximum Gasteiger partial charge on any atom is 0.119 e. The molecule has 0 amide bonds. The largest absolute Gasteiger partial charge is 0.354 e. The zero-order chi connectivity index (χ0) is 13.5. The minimum atomic E-state index is -0.286. The van der Waals surface area contributed by atoms with Crippen molar-refractivity contribution in [3.8, 4) is 0 Å². The molecule has 0 fully saturated rings. The summed E-state index contributed by atoms with van der Waals surface area (Å²) >= 11 is 0. The number of hydrogen-bond donors (Lipinski definition) is 0. The van der Waals surface area contributed by atoms with E-state index < -0.39 is 0 Å². The second-order valence-corrected chi connectivity index (χ2v) is 3.96. The maximum absolute atomic E-state index is 5.96. The van der Waals surface area contributed by atoms with Crippen molar-refractivity contribution in [3.05, 3.63) is 85.5 Å². The number of rotatable bonds is 6. The molecule has 2 aromatic heterocycles. The van der Waals surface area contributed by atoms with E-state index >= 15 is 0 Å². The highest BCUT2D eigenvalue weighted by Gasteiger charge is 2.16. The van der Waals surface area contributed by atoms with Crippen LogP contribution in [0.4, 0.5) is 0 Å². The van der Waals surface area contributed by atoms with E-state index in [9.17, 15) is 0 Å². The first kappa shape index (κ1) is 13.2. The van der Waals surface area contributed by atoms with E-state index in [-0.39, 0.29) is 12.2 Å². The quantitative estimate of drug-likeness (QED) is 0.736. The van der Waals surface area contributed by atoms with Crippen molar-refractivity contribution >= 4 is 0 Å². The topological polar surface area (TPSA) is 35.0 Å². The normalized spacial score (nSPS) is 13.5. The lowest BCUT2D eigenvalue weighted by Gasteiger charge is -2.19. The van der Waals surface area contributed by atoms with Crippen molar-refractivity contribution in [1.29, 1.82) is 0 Å². The van der Waals surface area contributed by atoms with E-state index in [0.717, 1.165) is 11.4 Å². The van der Waals surface area contributed by atoms with Gasteiger partial charge >= 0.3 is 0 Å². The Hall–Kier alpha value is -2.26. The summed E-state index contributed by atoms with van der Waals surface area (Å²) in [4.78, 5) is 8.56. The van der Waals surface area contributed by atoms with Gasteiger partial charge in [0.25, 0.3) is 0 Å². The van der Waals surface area contributed by atoms with Gasteiger partial charge in [-0.05, 0) is 24.3 Å². The van der Waals surface area contributed by atoms with E-state index in [1.54, 1.807) is 24.5 Å². The molecule has 96 valence electrons. The number of nitrogens with zero attached hydrogens (tertiary/aromatic N) is 2. The molecule has 0 aromatic carbocycles. The molecule has 19 heavy (non-hydrogen) atoms. The molecule has 2 rings (SSSR count). The molecule has 0 saturated heterocycles. The summed E-state index contributed by atoms with van der Waals surface area (Å²) in [6.07, 6.45) is 6.35. The number of pyridine rings is 2. The fraction of sp³-hybridized carbons (Fsp3) is 0.125. The van der Waals surface area contributed by atoms with E-state index in [4.69, 9.17) is 4.74 Å². The van der Waals surface area contributed by atoms with Crippen molar-refractivity contribution in [2.75, 3.05) is 0 Å². The molecule has 2 heterocycles. The van der Waals surface area contributed by atoms with Crippen molar-refractivity contribution in [3.63, 3.8) is 0 Å². The molecular formula is C16H16N2O. The lowest BCUT2D eigenvalue weighted by molar-refractivity contribution is 0.0356. The number of ether oxygens (including phenoxy) is 1. The van der Waals surface area contributed by atoms with Gasteiger partial charge in [-0.2, -0.15) is 0 Å². The SMILES string of the molecule is C=CC(OC(C=C)c1ccccn1)c1ccccn1. The van der Waals surface area contributed by atoms with E-state index in [1.165, 1.54) is 0 Å². The van der Waals surface area contributed by atoms with Gasteiger partial charge in [-0.15, -0.1) is 13.2 Å². The Kier molecular flexibility index (Phi) is 4.59. The first-order valence-electron chi connectivity index (χ1n) is 6.07. The molecular weight excluding hydrogens is 236 g/mol. The van der Waals surface area contributed by atoms with Crippen LogP contribution >= 0.6 is 0 Å². The monoisotopic (exact) mass is 252 g/mol. The minimum absolute atomic E-state index is 0.286. The van der Waals surface area contributed by atoms with Gasteiger partial charge in [0.05, 0.1) is 11.4 Å².